The van der Waals surface area contributed by atoms with Crippen molar-refractivity contribution >= 4 is 16.1 Å². The maximum Gasteiger partial charge on any atom is 0.433 e. The fourth-order valence-corrected chi connectivity index (χ4v) is 3.34. The molecule has 1 aliphatic rings. The molecule has 8 heteroatoms. The average Bonchev–Trinajstić information content (AvgIpc) is 2.94. The lowest BCUT2D eigenvalue weighted by atomic mass is 10.0. The van der Waals surface area contributed by atoms with E-state index in [2.05, 4.69) is 9.71 Å². The number of hydrogen-bond donors (Lipinski definition) is 1. The van der Waals surface area contributed by atoms with Crippen LogP contribution in [0.5, 0.6) is 0 Å². The molecule has 0 amide bonds. The molecule has 3 rings (SSSR count). The molecule has 0 bridgehead atoms. The van der Waals surface area contributed by atoms with E-state index in [1.165, 1.54) is 12.3 Å². The van der Waals surface area contributed by atoms with Crippen molar-refractivity contribution < 1.29 is 21.6 Å². The van der Waals surface area contributed by atoms with Crippen molar-refractivity contribution in [2.75, 3.05) is 0 Å². The van der Waals surface area contributed by atoms with Gasteiger partial charge in [0.1, 0.15) is 5.69 Å². The van der Waals surface area contributed by atoms with Crippen molar-refractivity contribution in [3.8, 4) is 11.1 Å². The Bertz CT molecular complexity index is 963. The third kappa shape index (κ3) is 3.75. The SMILES string of the molecule is CC(C)S(=O)(=O)NC1=Cc2cc(-c3ccc(C(F)(F)F)nc3)ccc2C1. The van der Waals surface area contributed by atoms with Gasteiger partial charge in [-0.1, -0.05) is 18.2 Å². The highest BCUT2D eigenvalue weighted by Gasteiger charge is 2.32. The number of sulfonamides is 1. The molecule has 4 nitrogen and oxygen atoms in total. The Balaban J connectivity index is 1.86. The zero-order chi connectivity index (χ0) is 19.1. The molecule has 0 radical (unpaired) electrons. The number of hydrogen-bond acceptors (Lipinski definition) is 3. The maximum atomic E-state index is 12.6. The van der Waals surface area contributed by atoms with Gasteiger partial charge < -0.3 is 0 Å². The van der Waals surface area contributed by atoms with Gasteiger partial charge in [-0.25, -0.2) is 8.42 Å². The molecule has 0 aliphatic heterocycles. The second-order valence-corrected chi connectivity index (χ2v) is 8.62. The van der Waals surface area contributed by atoms with Crippen LogP contribution in [0.25, 0.3) is 17.2 Å². The minimum atomic E-state index is -4.47. The first-order valence-corrected chi connectivity index (χ1v) is 9.49. The first-order valence-electron chi connectivity index (χ1n) is 7.95. The third-order valence-corrected chi connectivity index (χ3v) is 5.93. The van der Waals surface area contributed by atoms with E-state index in [1.807, 2.05) is 12.1 Å². The summed E-state index contributed by atoms with van der Waals surface area (Å²) < 4.78 is 64.4. The molecule has 138 valence electrons. The zero-order valence-electron chi connectivity index (χ0n) is 14.1. The predicted molar refractivity (Wildman–Crippen MR) is 93.5 cm³/mol. The predicted octanol–water partition coefficient (Wildman–Crippen LogP) is 3.99. The number of halogens is 3. The van der Waals surface area contributed by atoms with Gasteiger partial charge in [-0.15, -0.1) is 0 Å². The van der Waals surface area contributed by atoms with E-state index in [0.717, 1.165) is 17.2 Å². The van der Waals surface area contributed by atoms with Gasteiger partial charge in [0.25, 0.3) is 0 Å². The van der Waals surface area contributed by atoms with Crippen LogP contribution in [-0.4, -0.2) is 18.7 Å². The fraction of sp³-hybridized carbons (Fsp3) is 0.278. The van der Waals surface area contributed by atoms with Crippen molar-refractivity contribution in [3.63, 3.8) is 0 Å². The normalized spacial score (nSPS) is 14.3. The van der Waals surface area contributed by atoms with Gasteiger partial charge in [0.2, 0.25) is 10.0 Å². The Morgan fingerprint density at radius 1 is 1.12 bits per heavy atom. The van der Waals surface area contributed by atoms with Gasteiger partial charge in [-0.3, -0.25) is 9.71 Å². The molecule has 26 heavy (non-hydrogen) atoms. The lowest BCUT2D eigenvalue weighted by Crippen LogP contribution is -2.30. The van der Waals surface area contributed by atoms with Crippen LogP contribution >= 0.6 is 0 Å². The second-order valence-electron chi connectivity index (χ2n) is 6.39. The van der Waals surface area contributed by atoms with E-state index in [9.17, 15) is 21.6 Å². The summed E-state index contributed by atoms with van der Waals surface area (Å²) in [5.41, 5.74) is 2.71. The highest BCUT2D eigenvalue weighted by molar-refractivity contribution is 7.90. The quantitative estimate of drug-likeness (QED) is 0.870. The van der Waals surface area contributed by atoms with Crippen molar-refractivity contribution in [2.45, 2.75) is 31.7 Å². The number of allylic oxidation sites excluding steroid dienone is 1. The summed E-state index contributed by atoms with van der Waals surface area (Å²) in [6.07, 6.45) is -1.07. The van der Waals surface area contributed by atoms with Gasteiger partial charge in [0.15, 0.2) is 0 Å². The molecule has 0 spiro atoms. The topological polar surface area (TPSA) is 59.1 Å². The van der Waals surface area contributed by atoms with E-state index >= 15 is 0 Å². The molecule has 2 aromatic rings. The standard InChI is InChI=1S/C18H17F3N2O2S/c1-11(2)26(24,25)23-16-8-13-4-3-12(7-15(13)9-16)14-5-6-17(22-10-14)18(19,20)21/h3-7,9-11,23H,8H2,1-2H3. The molecule has 0 saturated heterocycles. The van der Waals surface area contributed by atoms with Crippen LogP contribution in [0, 0.1) is 0 Å². The first kappa shape index (κ1) is 18.4. The number of alkyl halides is 3. The van der Waals surface area contributed by atoms with Crippen LogP contribution in [0.3, 0.4) is 0 Å². The molecule has 1 aromatic heterocycles. The molecule has 1 aliphatic carbocycles. The Hall–Kier alpha value is -2.35. The number of rotatable bonds is 4. The minimum Gasteiger partial charge on any atom is -0.287 e. The van der Waals surface area contributed by atoms with Crippen LogP contribution in [-0.2, 0) is 22.6 Å². The summed E-state index contributed by atoms with van der Waals surface area (Å²) >= 11 is 0. The molecule has 1 aromatic carbocycles. The smallest absolute Gasteiger partial charge is 0.287 e. The number of pyridine rings is 1. The number of nitrogens with zero attached hydrogens (tertiary/aromatic N) is 1. The number of benzene rings is 1. The Morgan fingerprint density at radius 3 is 2.38 bits per heavy atom. The highest BCUT2D eigenvalue weighted by Crippen LogP contribution is 2.31. The first-order chi connectivity index (χ1) is 12.1. The third-order valence-electron chi connectivity index (χ3n) is 4.14. The van der Waals surface area contributed by atoms with Crippen molar-refractivity contribution in [3.05, 3.63) is 59.0 Å². The highest BCUT2D eigenvalue weighted by atomic mass is 32.2. The van der Waals surface area contributed by atoms with E-state index in [4.69, 9.17) is 0 Å². The molecule has 1 N–H and O–H groups in total. The van der Waals surface area contributed by atoms with Crippen LogP contribution in [0.1, 0.15) is 30.7 Å². The lowest BCUT2D eigenvalue weighted by Gasteiger charge is -2.11. The summed E-state index contributed by atoms with van der Waals surface area (Å²) in [5.74, 6) is 0. The summed E-state index contributed by atoms with van der Waals surface area (Å²) in [5, 5.41) is -0.541. The van der Waals surface area contributed by atoms with Crippen molar-refractivity contribution in [2.24, 2.45) is 0 Å². The van der Waals surface area contributed by atoms with Gasteiger partial charge >= 0.3 is 6.18 Å². The van der Waals surface area contributed by atoms with Crippen molar-refractivity contribution in [1.82, 2.24) is 9.71 Å². The minimum absolute atomic E-state index is 0.465. The molecular formula is C18H17F3N2O2S. The van der Waals surface area contributed by atoms with Crippen LogP contribution in [0.2, 0.25) is 0 Å². The molecule has 0 fully saturated rings. The average molecular weight is 382 g/mol. The number of aromatic nitrogens is 1. The van der Waals surface area contributed by atoms with Crippen LogP contribution in [0.15, 0.2) is 42.2 Å². The van der Waals surface area contributed by atoms with Gasteiger partial charge in [0, 0.05) is 23.9 Å². The Kier molecular flexibility index (Phi) is 4.56. The maximum absolute atomic E-state index is 12.6. The largest absolute Gasteiger partial charge is 0.433 e. The summed E-state index contributed by atoms with van der Waals surface area (Å²) in [4.78, 5) is 3.47. The van der Waals surface area contributed by atoms with E-state index in [1.54, 1.807) is 26.0 Å². The fourth-order valence-electron chi connectivity index (χ4n) is 2.61. The van der Waals surface area contributed by atoms with Gasteiger partial charge in [-0.05, 0) is 48.7 Å². The summed E-state index contributed by atoms with van der Waals surface area (Å²) in [6.45, 7) is 3.20. The zero-order valence-corrected chi connectivity index (χ0v) is 14.9. The van der Waals surface area contributed by atoms with Gasteiger partial charge in [0.05, 0.1) is 5.25 Å². The summed E-state index contributed by atoms with van der Waals surface area (Å²) in [7, 11) is -3.42. The van der Waals surface area contributed by atoms with Crippen LogP contribution < -0.4 is 4.72 Å². The lowest BCUT2D eigenvalue weighted by molar-refractivity contribution is -0.141. The van der Waals surface area contributed by atoms with Crippen molar-refractivity contribution in [1.29, 1.82) is 0 Å². The Labute approximate surface area is 149 Å². The van der Waals surface area contributed by atoms with E-state index in [-0.39, 0.29) is 0 Å². The molecular weight excluding hydrogens is 365 g/mol. The van der Waals surface area contributed by atoms with Gasteiger partial charge in [-0.2, -0.15) is 13.2 Å². The molecule has 1 heterocycles. The number of fused-ring (bicyclic) bond motifs is 1. The second kappa shape index (κ2) is 6.42. The number of nitrogens with one attached hydrogen (secondary N) is 1. The van der Waals surface area contributed by atoms with Crippen LogP contribution in [0.4, 0.5) is 13.2 Å². The monoisotopic (exact) mass is 382 g/mol. The van der Waals surface area contributed by atoms with E-state index < -0.39 is 27.1 Å². The molecule has 0 saturated carbocycles. The summed E-state index contributed by atoms with van der Waals surface area (Å²) in [6, 6.07) is 7.77. The Morgan fingerprint density at radius 2 is 1.81 bits per heavy atom. The molecule has 0 unspecified atom stereocenters. The van der Waals surface area contributed by atoms with E-state index in [0.29, 0.717) is 23.2 Å². The molecule has 0 atom stereocenters.